The van der Waals surface area contributed by atoms with Crippen molar-refractivity contribution in [3.8, 4) is 0 Å². The quantitative estimate of drug-likeness (QED) is 0.768. The van der Waals surface area contributed by atoms with Crippen LogP contribution in [0.15, 0.2) is 6.20 Å². The molecule has 5 nitrogen and oxygen atoms in total. The molecule has 0 aliphatic rings. The van der Waals surface area contributed by atoms with Crippen LogP contribution in [0.5, 0.6) is 0 Å². The van der Waals surface area contributed by atoms with Gasteiger partial charge < -0.3 is 10.5 Å². The number of aromatic nitrogens is 3. The summed E-state index contributed by atoms with van der Waals surface area (Å²) in [6, 6.07) is 0.309. The largest absolute Gasteiger partial charge is 0.385 e. The molecule has 0 bridgehead atoms. The zero-order chi connectivity index (χ0) is 12.0. The number of hydrogen-bond acceptors (Lipinski definition) is 4. The van der Waals surface area contributed by atoms with Crippen LogP contribution in [0, 0.1) is 0 Å². The van der Waals surface area contributed by atoms with Gasteiger partial charge in [0.25, 0.3) is 0 Å². The van der Waals surface area contributed by atoms with Crippen LogP contribution in [0.2, 0.25) is 0 Å². The molecule has 1 rings (SSSR count). The Morgan fingerprint density at radius 1 is 1.50 bits per heavy atom. The van der Waals surface area contributed by atoms with E-state index < -0.39 is 0 Å². The fourth-order valence-corrected chi connectivity index (χ4v) is 1.56. The van der Waals surface area contributed by atoms with Crippen LogP contribution in [0.1, 0.15) is 50.9 Å². The number of nitrogens with two attached hydrogens (primary N) is 1. The van der Waals surface area contributed by atoms with E-state index in [-0.39, 0.29) is 6.04 Å². The fraction of sp³-hybridized carbons (Fsp3) is 0.818. The van der Waals surface area contributed by atoms with Crippen LogP contribution in [0.3, 0.4) is 0 Å². The summed E-state index contributed by atoms with van der Waals surface area (Å²) in [6.07, 6.45) is 4.89. The van der Waals surface area contributed by atoms with Crippen molar-refractivity contribution in [1.29, 1.82) is 0 Å². The minimum atomic E-state index is 0.00775. The number of hydrogen-bond donors (Lipinski definition) is 1. The Balaban J connectivity index is 2.56. The maximum absolute atomic E-state index is 5.98. The van der Waals surface area contributed by atoms with E-state index in [0.717, 1.165) is 31.6 Å². The molecule has 0 aliphatic carbocycles. The van der Waals surface area contributed by atoms with Gasteiger partial charge in [-0.25, -0.2) is 4.68 Å². The Bertz CT molecular complexity index is 300. The molecule has 0 saturated heterocycles. The molecule has 2 N–H and O–H groups in total. The van der Waals surface area contributed by atoms with Crippen LogP contribution in [-0.2, 0) is 4.74 Å². The topological polar surface area (TPSA) is 66.0 Å². The highest BCUT2D eigenvalue weighted by molar-refractivity contribution is 4.99. The lowest BCUT2D eigenvalue weighted by Gasteiger charge is -2.10. The molecular weight excluding hydrogens is 204 g/mol. The molecule has 0 amide bonds. The third kappa shape index (κ3) is 3.57. The lowest BCUT2D eigenvalue weighted by Crippen LogP contribution is -2.10. The van der Waals surface area contributed by atoms with Crippen molar-refractivity contribution in [2.75, 3.05) is 13.7 Å². The minimum absolute atomic E-state index is 0.00775. The second-order valence-electron chi connectivity index (χ2n) is 4.15. The monoisotopic (exact) mass is 226 g/mol. The average molecular weight is 226 g/mol. The van der Waals surface area contributed by atoms with Crippen molar-refractivity contribution in [2.45, 2.75) is 45.2 Å². The smallest absolute Gasteiger partial charge is 0.0994 e. The number of nitrogens with zero attached hydrogens (tertiary/aromatic N) is 3. The summed E-state index contributed by atoms with van der Waals surface area (Å²) in [5.41, 5.74) is 6.86. The van der Waals surface area contributed by atoms with E-state index in [0.29, 0.717) is 6.04 Å². The molecule has 5 heteroatoms. The van der Waals surface area contributed by atoms with Crippen LogP contribution in [-0.4, -0.2) is 28.7 Å². The standard InChI is InChI=1S/C11H22N4O/c1-4-5-10(12)11-8-15(14-13-11)9(2)6-7-16-3/h8-10H,4-7,12H2,1-3H3. The first-order valence-electron chi connectivity index (χ1n) is 5.85. The van der Waals surface area contributed by atoms with E-state index in [4.69, 9.17) is 10.5 Å². The molecule has 0 spiro atoms. The number of rotatable bonds is 7. The molecule has 0 aliphatic heterocycles. The minimum Gasteiger partial charge on any atom is -0.385 e. The summed E-state index contributed by atoms with van der Waals surface area (Å²) in [5.74, 6) is 0. The van der Waals surface area contributed by atoms with Crippen molar-refractivity contribution in [2.24, 2.45) is 5.73 Å². The van der Waals surface area contributed by atoms with Gasteiger partial charge in [-0.05, 0) is 19.8 Å². The second kappa shape index (κ2) is 6.60. The van der Waals surface area contributed by atoms with E-state index in [1.54, 1.807) is 7.11 Å². The molecule has 0 fully saturated rings. The van der Waals surface area contributed by atoms with Gasteiger partial charge in [0.2, 0.25) is 0 Å². The van der Waals surface area contributed by atoms with Gasteiger partial charge in [0.1, 0.15) is 0 Å². The van der Waals surface area contributed by atoms with E-state index >= 15 is 0 Å². The molecule has 16 heavy (non-hydrogen) atoms. The summed E-state index contributed by atoms with van der Waals surface area (Å²) in [5, 5.41) is 8.21. The lowest BCUT2D eigenvalue weighted by molar-refractivity contribution is 0.178. The third-order valence-electron chi connectivity index (χ3n) is 2.70. The molecular formula is C11H22N4O. The maximum Gasteiger partial charge on any atom is 0.0994 e. The van der Waals surface area contributed by atoms with E-state index in [1.165, 1.54) is 0 Å². The Morgan fingerprint density at radius 3 is 2.88 bits per heavy atom. The van der Waals surface area contributed by atoms with Gasteiger partial charge >= 0.3 is 0 Å². The van der Waals surface area contributed by atoms with Crippen LogP contribution in [0.25, 0.3) is 0 Å². The Kier molecular flexibility index (Phi) is 5.42. The molecule has 92 valence electrons. The second-order valence-corrected chi connectivity index (χ2v) is 4.15. The van der Waals surface area contributed by atoms with Crippen LogP contribution >= 0.6 is 0 Å². The zero-order valence-electron chi connectivity index (χ0n) is 10.4. The Morgan fingerprint density at radius 2 is 2.25 bits per heavy atom. The van der Waals surface area contributed by atoms with Crippen molar-refractivity contribution in [3.05, 3.63) is 11.9 Å². The molecule has 0 aromatic carbocycles. The van der Waals surface area contributed by atoms with Gasteiger partial charge in [-0.1, -0.05) is 18.6 Å². The third-order valence-corrected chi connectivity index (χ3v) is 2.70. The summed E-state index contributed by atoms with van der Waals surface area (Å²) in [7, 11) is 1.71. The average Bonchev–Trinajstić information content (AvgIpc) is 2.75. The maximum atomic E-state index is 5.98. The Labute approximate surface area is 97.0 Å². The van der Waals surface area contributed by atoms with Gasteiger partial charge in [0.05, 0.1) is 24.0 Å². The van der Waals surface area contributed by atoms with Crippen molar-refractivity contribution < 1.29 is 4.74 Å². The van der Waals surface area contributed by atoms with Crippen LogP contribution < -0.4 is 5.73 Å². The highest BCUT2D eigenvalue weighted by Gasteiger charge is 2.12. The molecule has 1 heterocycles. The highest BCUT2D eigenvalue weighted by atomic mass is 16.5. The summed E-state index contributed by atoms with van der Waals surface area (Å²) < 4.78 is 6.91. The predicted octanol–water partition coefficient (Wildman–Crippen LogP) is 1.68. The molecule has 2 atom stereocenters. The van der Waals surface area contributed by atoms with Crippen molar-refractivity contribution in [3.63, 3.8) is 0 Å². The van der Waals surface area contributed by atoms with E-state index in [2.05, 4.69) is 24.2 Å². The van der Waals surface area contributed by atoms with Crippen molar-refractivity contribution in [1.82, 2.24) is 15.0 Å². The van der Waals surface area contributed by atoms with Gasteiger partial charge in [0, 0.05) is 13.7 Å². The Hall–Kier alpha value is -0.940. The fourth-order valence-electron chi connectivity index (χ4n) is 1.56. The highest BCUT2D eigenvalue weighted by Crippen LogP contribution is 2.15. The summed E-state index contributed by atoms with van der Waals surface area (Å²) in [6.45, 7) is 4.95. The van der Waals surface area contributed by atoms with Gasteiger partial charge in [-0.15, -0.1) is 5.10 Å². The zero-order valence-corrected chi connectivity index (χ0v) is 10.4. The summed E-state index contributed by atoms with van der Waals surface area (Å²) in [4.78, 5) is 0. The molecule has 0 radical (unpaired) electrons. The molecule has 1 aromatic rings. The lowest BCUT2D eigenvalue weighted by atomic mass is 10.1. The predicted molar refractivity (Wildman–Crippen MR) is 63.1 cm³/mol. The molecule has 1 aromatic heterocycles. The van der Waals surface area contributed by atoms with Crippen LogP contribution in [0.4, 0.5) is 0 Å². The first-order chi connectivity index (χ1) is 7.69. The number of methoxy groups -OCH3 is 1. The number of ether oxygens (including phenoxy) is 1. The summed E-state index contributed by atoms with van der Waals surface area (Å²) >= 11 is 0. The first kappa shape index (κ1) is 13.1. The first-order valence-corrected chi connectivity index (χ1v) is 5.85. The molecule has 2 unspecified atom stereocenters. The van der Waals surface area contributed by atoms with Crippen molar-refractivity contribution >= 4 is 0 Å². The van der Waals surface area contributed by atoms with E-state index in [1.807, 2.05) is 10.9 Å². The normalized spacial score (nSPS) is 15.0. The SMILES string of the molecule is CCCC(N)c1cn(C(C)CCOC)nn1. The van der Waals surface area contributed by atoms with Gasteiger partial charge in [0.15, 0.2) is 0 Å². The van der Waals surface area contributed by atoms with Gasteiger partial charge in [-0.3, -0.25) is 0 Å². The van der Waals surface area contributed by atoms with E-state index in [9.17, 15) is 0 Å². The molecule has 0 saturated carbocycles. The van der Waals surface area contributed by atoms with Gasteiger partial charge in [-0.2, -0.15) is 0 Å².